The number of aryl methyl sites for hydroxylation is 1. The second-order valence-corrected chi connectivity index (χ2v) is 6.77. The molecule has 6 nitrogen and oxygen atoms in total. The van der Waals surface area contributed by atoms with E-state index in [1.54, 1.807) is 24.3 Å². The Balaban J connectivity index is 1.85. The number of aromatic nitrogens is 3. The smallest absolute Gasteiger partial charge is 0.227 e. The van der Waals surface area contributed by atoms with Crippen LogP contribution in [0, 0.1) is 6.92 Å². The van der Waals surface area contributed by atoms with Gasteiger partial charge in [-0.15, -0.1) is 5.10 Å². The molecule has 0 bridgehead atoms. The minimum absolute atomic E-state index is 0.0272. The number of ether oxygens (including phenoxy) is 1. The lowest BCUT2D eigenvalue weighted by atomic mass is 10.2. The Hall–Kier alpha value is -1.73. The lowest BCUT2D eigenvalue weighted by Gasteiger charge is -2.25. The van der Waals surface area contributed by atoms with E-state index in [1.807, 2.05) is 6.92 Å². The number of benzene rings is 1. The standard InChI is InChI=1S/C13H15N3O3S/c1-10-2-4-12(5-3-10)20(17,18)13-9-16(15-14-13)8-11-6-7-19-11/h2-5,9,11H,6-8H2,1H3. The minimum Gasteiger partial charge on any atom is -0.376 e. The maximum absolute atomic E-state index is 12.4. The molecule has 0 saturated carbocycles. The number of hydrogen-bond acceptors (Lipinski definition) is 5. The zero-order valence-electron chi connectivity index (χ0n) is 11.1. The van der Waals surface area contributed by atoms with Crippen LogP contribution in [0.5, 0.6) is 0 Å². The molecular formula is C13H15N3O3S. The number of rotatable bonds is 4. The predicted molar refractivity (Wildman–Crippen MR) is 71.0 cm³/mol. The van der Waals surface area contributed by atoms with E-state index in [2.05, 4.69) is 10.3 Å². The third-order valence-electron chi connectivity index (χ3n) is 3.31. The van der Waals surface area contributed by atoms with Crippen molar-refractivity contribution in [3.63, 3.8) is 0 Å². The van der Waals surface area contributed by atoms with Gasteiger partial charge in [0.25, 0.3) is 0 Å². The monoisotopic (exact) mass is 293 g/mol. The Morgan fingerprint density at radius 2 is 2.05 bits per heavy atom. The molecule has 2 heterocycles. The van der Waals surface area contributed by atoms with Crippen LogP contribution in [-0.4, -0.2) is 36.1 Å². The minimum atomic E-state index is -3.59. The number of hydrogen-bond donors (Lipinski definition) is 0. The first-order valence-electron chi connectivity index (χ1n) is 6.39. The molecule has 0 aliphatic carbocycles. The highest BCUT2D eigenvalue weighted by Crippen LogP contribution is 2.19. The van der Waals surface area contributed by atoms with Gasteiger partial charge in [0, 0.05) is 6.61 Å². The van der Waals surface area contributed by atoms with Gasteiger partial charge in [-0.2, -0.15) is 0 Å². The molecular weight excluding hydrogens is 278 g/mol. The van der Waals surface area contributed by atoms with Crippen LogP contribution in [0.3, 0.4) is 0 Å². The fourth-order valence-corrected chi connectivity index (χ4v) is 3.11. The second kappa shape index (κ2) is 4.99. The quantitative estimate of drug-likeness (QED) is 0.847. The average Bonchev–Trinajstić information content (AvgIpc) is 2.84. The SMILES string of the molecule is Cc1ccc(S(=O)(=O)c2cn(CC3CCO3)nn2)cc1. The number of nitrogens with zero attached hydrogens (tertiary/aromatic N) is 3. The summed E-state index contributed by atoms with van der Waals surface area (Å²) in [6, 6.07) is 6.69. The Bertz CT molecular complexity index is 703. The third-order valence-corrected chi connectivity index (χ3v) is 4.94. The summed E-state index contributed by atoms with van der Waals surface area (Å²) in [4.78, 5) is 0.232. The van der Waals surface area contributed by atoms with E-state index in [1.165, 1.54) is 10.9 Å². The second-order valence-electron chi connectivity index (χ2n) is 4.88. The molecule has 1 aromatic carbocycles. The Kier molecular flexibility index (Phi) is 3.31. The molecule has 0 amide bonds. The summed E-state index contributed by atoms with van der Waals surface area (Å²) in [6.07, 6.45) is 2.54. The van der Waals surface area contributed by atoms with Crippen LogP contribution >= 0.6 is 0 Å². The van der Waals surface area contributed by atoms with Crippen molar-refractivity contribution in [2.24, 2.45) is 0 Å². The Morgan fingerprint density at radius 3 is 2.65 bits per heavy atom. The molecule has 1 fully saturated rings. The summed E-state index contributed by atoms with van der Waals surface area (Å²) < 4.78 is 31.6. The maximum atomic E-state index is 12.4. The normalized spacial score (nSPS) is 18.8. The zero-order valence-corrected chi connectivity index (χ0v) is 11.9. The largest absolute Gasteiger partial charge is 0.376 e. The van der Waals surface area contributed by atoms with E-state index in [9.17, 15) is 8.42 Å². The average molecular weight is 293 g/mol. The summed E-state index contributed by atoms with van der Waals surface area (Å²) in [5.74, 6) is 0. The van der Waals surface area contributed by atoms with Gasteiger partial charge in [-0.25, -0.2) is 13.1 Å². The van der Waals surface area contributed by atoms with Gasteiger partial charge in [-0.05, 0) is 25.5 Å². The molecule has 3 rings (SSSR count). The predicted octanol–water partition coefficient (Wildman–Crippen LogP) is 1.21. The van der Waals surface area contributed by atoms with Gasteiger partial charge in [0.2, 0.25) is 14.9 Å². The van der Waals surface area contributed by atoms with Gasteiger partial charge in [0.15, 0.2) is 0 Å². The van der Waals surface area contributed by atoms with Crippen molar-refractivity contribution in [1.29, 1.82) is 0 Å². The van der Waals surface area contributed by atoms with Gasteiger partial charge in [-0.3, -0.25) is 0 Å². The van der Waals surface area contributed by atoms with E-state index >= 15 is 0 Å². The lowest BCUT2D eigenvalue weighted by Crippen LogP contribution is -2.31. The summed E-state index contributed by atoms with van der Waals surface area (Å²) >= 11 is 0. The van der Waals surface area contributed by atoms with Gasteiger partial charge in [0.05, 0.1) is 23.7 Å². The molecule has 2 aromatic rings. The van der Waals surface area contributed by atoms with E-state index in [4.69, 9.17) is 4.74 Å². The van der Waals surface area contributed by atoms with Crippen molar-refractivity contribution in [3.05, 3.63) is 36.0 Å². The van der Waals surface area contributed by atoms with Crippen LogP contribution in [0.1, 0.15) is 12.0 Å². The van der Waals surface area contributed by atoms with Crippen LogP contribution < -0.4 is 0 Å². The zero-order chi connectivity index (χ0) is 14.2. The summed E-state index contributed by atoms with van der Waals surface area (Å²) in [5, 5.41) is 7.60. The molecule has 20 heavy (non-hydrogen) atoms. The van der Waals surface area contributed by atoms with Gasteiger partial charge >= 0.3 is 0 Å². The van der Waals surface area contributed by atoms with Crippen LogP contribution in [-0.2, 0) is 21.1 Å². The third kappa shape index (κ3) is 2.46. The van der Waals surface area contributed by atoms with Crippen LogP contribution in [0.25, 0.3) is 0 Å². The molecule has 0 radical (unpaired) electrons. The fourth-order valence-electron chi connectivity index (χ4n) is 1.97. The first-order valence-corrected chi connectivity index (χ1v) is 7.87. The van der Waals surface area contributed by atoms with Crippen molar-refractivity contribution >= 4 is 9.84 Å². The first-order chi connectivity index (χ1) is 9.55. The van der Waals surface area contributed by atoms with Gasteiger partial charge < -0.3 is 4.74 Å². The van der Waals surface area contributed by atoms with Gasteiger partial charge in [0.1, 0.15) is 0 Å². The molecule has 0 N–H and O–H groups in total. The summed E-state index contributed by atoms with van der Waals surface area (Å²) in [5.41, 5.74) is 1.01. The molecule has 1 aromatic heterocycles. The highest BCUT2D eigenvalue weighted by Gasteiger charge is 2.24. The van der Waals surface area contributed by atoms with Crippen molar-refractivity contribution < 1.29 is 13.2 Å². The highest BCUT2D eigenvalue weighted by molar-refractivity contribution is 7.91. The molecule has 1 aliphatic heterocycles. The topological polar surface area (TPSA) is 74.1 Å². The van der Waals surface area contributed by atoms with E-state index in [-0.39, 0.29) is 16.0 Å². The molecule has 1 unspecified atom stereocenters. The number of sulfone groups is 1. The molecule has 1 aliphatic rings. The molecule has 0 spiro atoms. The van der Waals surface area contributed by atoms with Crippen molar-refractivity contribution in [3.8, 4) is 0 Å². The Morgan fingerprint density at radius 1 is 1.35 bits per heavy atom. The summed E-state index contributed by atoms with van der Waals surface area (Å²) in [7, 11) is -3.59. The van der Waals surface area contributed by atoms with E-state index < -0.39 is 9.84 Å². The van der Waals surface area contributed by atoms with E-state index in [0.717, 1.165) is 18.6 Å². The molecule has 1 saturated heterocycles. The fraction of sp³-hybridized carbons (Fsp3) is 0.385. The molecule has 106 valence electrons. The van der Waals surface area contributed by atoms with Crippen molar-refractivity contribution in [2.45, 2.75) is 35.9 Å². The first kappa shape index (κ1) is 13.3. The van der Waals surface area contributed by atoms with Gasteiger partial charge in [-0.1, -0.05) is 22.9 Å². The summed E-state index contributed by atoms with van der Waals surface area (Å²) in [6.45, 7) is 3.20. The highest BCUT2D eigenvalue weighted by atomic mass is 32.2. The van der Waals surface area contributed by atoms with Crippen LogP contribution in [0.2, 0.25) is 0 Å². The molecule has 7 heteroatoms. The maximum Gasteiger partial charge on any atom is 0.227 e. The van der Waals surface area contributed by atoms with Crippen LogP contribution in [0.4, 0.5) is 0 Å². The molecule has 1 atom stereocenters. The van der Waals surface area contributed by atoms with Crippen molar-refractivity contribution in [1.82, 2.24) is 15.0 Å². The van der Waals surface area contributed by atoms with Crippen LogP contribution in [0.15, 0.2) is 40.4 Å². The Labute approximate surface area is 117 Å². The van der Waals surface area contributed by atoms with E-state index in [0.29, 0.717) is 6.54 Å². The van der Waals surface area contributed by atoms with Crippen molar-refractivity contribution in [2.75, 3.05) is 6.61 Å². The lowest BCUT2D eigenvalue weighted by molar-refractivity contribution is -0.0611.